The molecule has 0 unspecified atom stereocenters. The van der Waals surface area contributed by atoms with E-state index in [1.807, 2.05) is 54.6 Å². The van der Waals surface area contributed by atoms with Crippen LogP contribution in [0.15, 0.2) is 83.0 Å². The summed E-state index contributed by atoms with van der Waals surface area (Å²) < 4.78 is 16.0. The van der Waals surface area contributed by atoms with Gasteiger partial charge in [-0.2, -0.15) is 0 Å². The SMILES string of the molecule is C=NC.CC1=C(C)N(c2c(F)c(-c3cccc4ccccc34)nc3ccccc23)CC1. The highest BCUT2D eigenvalue weighted by atomic mass is 19.1. The lowest BCUT2D eigenvalue weighted by Crippen LogP contribution is -2.19. The van der Waals surface area contributed by atoms with Gasteiger partial charge in [0.05, 0.1) is 11.2 Å². The second-order valence-corrected chi connectivity index (χ2v) is 7.75. The third-order valence-corrected chi connectivity index (χ3v) is 5.85. The predicted octanol–water partition coefficient (Wildman–Crippen LogP) is 7.01. The summed E-state index contributed by atoms with van der Waals surface area (Å²) >= 11 is 0. The molecule has 4 heteroatoms. The number of hydrogen-bond acceptors (Lipinski definition) is 3. The number of allylic oxidation sites excluding steroid dienone is 1. The van der Waals surface area contributed by atoms with E-state index in [0.717, 1.165) is 45.9 Å². The number of rotatable bonds is 2. The maximum Gasteiger partial charge on any atom is 0.173 e. The molecule has 0 radical (unpaired) electrons. The number of anilines is 1. The summed E-state index contributed by atoms with van der Waals surface area (Å²) in [7, 11) is 1.64. The number of hydrogen-bond donors (Lipinski definition) is 0. The van der Waals surface area contributed by atoms with Gasteiger partial charge in [-0.15, -0.1) is 0 Å². The zero-order chi connectivity index (χ0) is 22.0. The predicted molar refractivity (Wildman–Crippen MR) is 130 cm³/mol. The van der Waals surface area contributed by atoms with E-state index in [1.54, 1.807) is 7.05 Å². The number of para-hydroxylation sites is 1. The Bertz CT molecular complexity index is 1300. The summed E-state index contributed by atoms with van der Waals surface area (Å²) in [4.78, 5) is 10.1. The van der Waals surface area contributed by atoms with E-state index in [9.17, 15) is 0 Å². The number of fused-ring (bicyclic) bond motifs is 2. The number of halogens is 1. The van der Waals surface area contributed by atoms with Gasteiger partial charge in [0.25, 0.3) is 0 Å². The van der Waals surface area contributed by atoms with Crippen molar-refractivity contribution < 1.29 is 4.39 Å². The lowest BCUT2D eigenvalue weighted by Gasteiger charge is -2.24. The Labute approximate surface area is 182 Å². The molecule has 3 aromatic carbocycles. The summed E-state index contributed by atoms with van der Waals surface area (Å²) in [5.74, 6) is -0.246. The molecule has 156 valence electrons. The lowest BCUT2D eigenvalue weighted by molar-refractivity contribution is 0.625. The second kappa shape index (κ2) is 8.68. The van der Waals surface area contributed by atoms with Crippen LogP contribution in [0.4, 0.5) is 10.1 Å². The van der Waals surface area contributed by atoms with Crippen LogP contribution < -0.4 is 4.90 Å². The molecule has 0 amide bonds. The normalized spacial score (nSPS) is 13.5. The third kappa shape index (κ3) is 3.70. The molecule has 2 heterocycles. The summed E-state index contributed by atoms with van der Waals surface area (Å²) in [6.45, 7) is 8.12. The highest BCUT2D eigenvalue weighted by Gasteiger charge is 2.26. The Morgan fingerprint density at radius 1 is 0.935 bits per heavy atom. The Kier molecular flexibility index (Phi) is 5.81. The fourth-order valence-corrected chi connectivity index (χ4v) is 4.18. The van der Waals surface area contributed by atoms with Crippen molar-refractivity contribution in [3.05, 3.63) is 83.8 Å². The van der Waals surface area contributed by atoms with Crippen LogP contribution in [-0.2, 0) is 0 Å². The molecule has 0 saturated heterocycles. The van der Waals surface area contributed by atoms with E-state index in [2.05, 4.69) is 42.6 Å². The Morgan fingerprint density at radius 2 is 1.58 bits per heavy atom. The van der Waals surface area contributed by atoms with Crippen molar-refractivity contribution in [3.8, 4) is 11.3 Å². The molecule has 0 atom stereocenters. The molecule has 4 aromatic rings. The second-order valence-electron chi connectivity index (χ2n) is 7.75. The van der Waals surface area contributed by atoms with Crippen molar-refractivity contribution in [2.75, 3.05) is 18.5 Å². The Morgan fingerprint density at radius 3 is 2.29 bits per heavy atom. The average molecular weight is 412 g/mol. The molecule has 3 nitrogen and oxygen atoms in total. The molecule has 0 fully saturated rings. The van der Waals surface area contributed by atoms with E-state index in [4.69, 9.17) is 4.98 Å². The maximum atomic E-state index is 16.0. The van der Waals surface area contributed by atoms with Crippen LogP contribution in [0, 0.1) is 5.82 Å². The number of aromatic nitrogens is 1. The number of aliphatic imine (C=N–C) groups is 1. The van der Waals surface area contributed by atoms with Crippen LogP contribution in [0.3, 0.4) is 0 Å². The summed E-state index contributed by atoms with van der Waals surface area (Å²) in [6.07, 6.45) is 0.964. The fourth-order valence-electron chi connectivity index (χ4n) is 4.18. The van der Waals surface area contributed by atoms with Gasteiger partial charge < -0.3 is 9.89 Å². The van der Waals surface area contributed by atoms with Gasteiger partial charge in [-0.25, -0.2) is 9.37 Å². The van der Waals surface area contributed by atoms with E-state index in [-0.39, 0.29) is 5.82 Å². The van der Waals surface area contributed by atoms with Gasteiger partial charge in [-0.05, 0) is 43.8 Å². The molecule has 31 heavy (non-hydrogen) atoms. The molecule has 0 saturated carbocycles. The Balaban J connectivity index is 0.000000730. The summed E-state index contributed by atoms with van der Waals surface area (Å²) in [5.41, 5.74) is 5.16. The first kappa shape index (κ1) is 20.7. The molecule has 0 N–H and O–H groups in total. The number of benzene rings is 3. The molecule has 1 aliphatic rings. The average Bonchev–Trinajstić information content (AvgIpc) is 3.12. The number of pyridine rings is 1. The van der Waals surface area contributed by atoms with E-state index < -0.39 is 0 Å². The van der Waals surface area contributed by atoms with E-state index in [0.29, 0.717) is 11.4 Å². The molecule has 5 rings (SSSR count). The largest absolute Gasteiger partial charge is 0.342 e. The van der Waals surface area contributed by atoms with Gasteiger partial charge in [-0.1, -0.05) is 66.2 Å². The monoisotopic (exact) mass is 411 g/mol. The van der Waals surface area contributed by atoms with Gasteiger partial charge in [0.15, 0.2) is 5.82 Å². The first-order valence-electron chi connectivity index (χ1n) is 10.4. The highest BCUT2D eigenvalue weighted by Crippen LogP contribution is 2.40. The van der Waals surface area contributed by atoms with Gasteiger partial charge in [0.1, 0.15) is 5.69 Å². The first-order valence-corrected chi connectivity index (χ1v) is 10.4. The van der Waals surface area contributed by atoms with Gasteiger partial charge in [0.2, 0.25) is 0 Å². The van der Waals surface area contributed by atoms with Crippen LogP contribution >= 0.6 is 0 Å². The van der Waals surface area contributed by atoms with Crippen molar-refractivity contribution in [2.45, 2.75) is 20.3 Å². The molecule has 1 aliphatic heterocycles. The zero-order valence-corrected chi connectivity index (χ0v) is 18.2. The van der Waals surface area contributed by atoms with Crippen molar-refractivity contribution in [2.24, 2.45) is 4.99 Å². The van der Waals surface area contributed by atoms with Crippen LogP contribution in [0.1, 0.15) is 20.3 Å². The zero-order valence-electron chi connectivity index (χ0n) is 18.2. The summed E-state index contributed by atoms with van der Waals surface area (Å²) in [5, 5.41) is 2.96. The Hall–Kier alpha value is -3.53. The fraction of sp³-hybridized carbons (Fsp3) is 0.185. The molecular formula is C27H26FN3. The van der Waals surface area contributed by atoms with Crippen molar-refractivity contribution in [1.29, 1.82) is 0 Å². The van der Waals surface area contributed by atoms with Crippen LogP contribution in [-0.4, -0.2) is 25.3 Å². The van der Waals surface area contributed by atoms with E-state index >= 15 is 4.39 Å². The first-order chi connectivity index (χ1) is 15.1. The molecular weight excluding hydrogens is 385 g/mol. The molecule has 0 spiro atoms. The minimum atomic E-state index is -0.246. The minimum Gasteiger partial charge on any atom is -0.342 e. The quantitative estimate of drug-likeness (QED) is 0.332. The van der Waals surface area contributed by atoms with Crippen LogP contribution in [0.2, 0.25) is 0 Å². The molecule has 1 aromatic heterocycles. The van der Waals surface area contributed by atoms with Crippen molar-refractivity contribution >= 4 is 34.1 Å². The smallest absolute Gasteiger partial charge is 0.173 e. The van der Waals surface area contributed by atoms with E-state index in [1.165, 1.54) is 5.57 Å². The highest BCUT2D eigenvalue weighted by molar-refractivity contribution is 6.01. The van der Waals surface area contributed by atoms with Gasteiger partial charge in [0, 0.05) is 30.2 Å². The van der Waals surface area contributed by atoms with Gasteiger partial charge in [-0.3, -0.25) is 0 Å². The lowest BCUT2D eigenvalue weighted by atomic mass is 9.99. The maximum absolute atomic E-state index is 16.0. The van der Waals surface area contributed by atoms with Crippen molar-refractivity contribution in [3.63, 3.8) is 0 Å². The van der Waals surface area contributed by atoms with Gasteiger partial charge >= 0.3 is 0 Å². The van der Waals surface area contributed by atoms with Crippen LogP contribution in [0.5, 0.6) is 0 Å². The third-order valence-electron chi connectivity index (χ3n) is 5.85. The standard InChI is InChI=1S/C25H21FN2.C2H5N/c1-16-14-15-28(17(16)2)25-21-11-5-6-13-22(21)27-24(23(25)26)20-12-7-9-18-8-3-4-10-19(18)20;1-3-2/h3-13H,14-15H2,1-2H3;1H2,2H3. The topological polar surface area (TPSA) is 28.5 Å². The molecule has 0 aliphatic carbocycles. The summed E-state index contributed by atoms with van der Waals surface area (Å²) in [6, 6.07) is 21.9. The molecule has 0 bridgehead atoms. The van der Waals surface area contributed by atoms with Crippen LogP contribution in [0.25, 0.3) is 32.9 Å². The number of nitrogens with zero attached hydrogens (tertiary/aromatic N) is 3. The minimum absolute atomic E-state index is 0.246. The van der Waals surface area contributed by atoms with Crippen molar-refractivity contribution in [1.82, 2.24) is 4.98 Å².